The normalized spacial score (nSPS) is 14.0. The second-order valence-electron chi connectivity index (χ2n) is 7.13. The Morgan fingerprint density at radius 1 is 0.933 bits per heavy atom. The largest absolute Gasteiger partial charge is 0.489 e. The third-order valence-corrected chi connectivity index (χ3v) is 5.02. The predicted molar refractivity (Wildman–Crippen MR) is 113 cm³/mol. The van der Waals surface area contributed by atoms with Crippen LogP contribution in [0.25, 0.3) is 0 Å². The summed E-state index contributed by atoms with van der Waals surface area (Å²) in [5, 5.41) is 2.81. The van der Waals surface area contributed by atoms with Crippen molar-refractivity contribution in [2.75, 3.05) is 32.7 Å². The molecule has 3 amide bonds. The number of nitrogens with zero attached hydrogens (tertiary/aromatic N) is 2. The Bertz CT molecular complexity index is 868. The molecule has 7 heteroatoms. The molecule has 1 aliphatic heterocycles. The molecule has 1 fully saturated rings. The lowest BCUT2D eigenvalue weighted by atomic mass is 10.1. The highest BCUT2D eigenvalue weighted by Crippen LogP contribution is 2.14. The van der Waals surface area contributed by atoms with E-state index in [-0.39, 0.29) is 12.5 Å². The van der Waals surface area contributed by atoms with Crippen LogP contribution in [0, 0.1) is 0 Å². The van der Waals surface area contributed by atoms with E-state index in [0.717, 1.165) is 16.9 Å². The van der Waals surface area contributed by atoms with Crippen LogP contribution in [-0.2, 0) is 27.4 Å². The molecule has 1 N–H and O–H groups in total. The van der Waals surface area contributed by atoms with Crippen LogP contribution in [0.2, 0.25) is 0 Å². The maximum atomic E-state index is 12.1. The van der Waals surface area contributed by atoms with Crippen LogP contribution >= 0.6 is 0 Å². The average molecular weight is 409 g/mol. The number of benzene rings is 2. The fraction of sp³-hybridized carbons (Fsp3) is 0.348. The SMILES string of the molecule is CCN1CCN(CC(=O)NCCc2ccc(OCc3ccccc3)cc2)C(=O)C1=O. The van der Waals surface area contributed by atoms with Gasteiger partial charge in [-0.15, -0.1) is 0 Å². The molecule has 7 nitrogen and oxygen atoms in total. The topological polar surface area (TPSA) is 79.0 Å². The highest BCUT2D eigenvalue weighted by atomic mass is 16.5. The number of carbonyl (C=O) groups is 3. The molecule has 0 spiro atoms. The van der Waals surface area contributed by atoms with Gasteiger partial charge in [-0.1, -0.05) is 42.5 Å². The van der Waals surface area contributed by atoms with Gasteiger partial charge in [0.25, 0.3) is 0 Å². The minimum atomic E-state index is -0.607. The van der Waals surface area contributed by atoms with Crippen molar-refractivity contribution in [2.45, 2.75) is 20.0 Å². The van der Waals surface area contributed by atoms with Gasteiger partial charge in [-0.3, -0.25) is 14.4 Å². The first-order valence-corrected chi connectivity index (χ1v) is 10.2. The van der Waals surface area contributed by atoms with Crippen molar-refractivity contribution in [1.82, 2.24) is 15.1 Å². The third-order valence-electron chi connectivity index (χ3n) is 5.02. The molecule has 1 aliphatic rings. The molecule has 3 rings (SSSR count). The lowest BCUT2D eigenvalue weighted by Gasteiger charge is -2.32. The average Bonchev–Trinajstić information content (AvgIpc) is 2.77. The number of rotatable bonds is 9. The maximum Gasteiger partial charge on any atom is 0.312 e. The molecule has 2 aromatic rings. The van der Waals surface area contributed by atoms with Gasteiger partial charge in [0.15, 0.2) is 0 Å². The van der Waals surface area contributed by atoms with Gasteiger partial charge in [0.05, 0.1) is 0 Å². The van der Waals surface area contributed by atoms with E-state index in [2.05, 4.69) is 5.32 Å². The van der Waals surface area contributed by atoms with E-state index in [1.807, 2.05) is 61.5 Å². The predicted octanol–water partition coefficient (Wildman–Crippen LogP) is 1.61. The van der Waals surface area contributed by atoms with Crippen molar-refractivity contribution in [3.63, 3.8) is 0 Å². The standard InChI is InChI=1S/C23H27N3O4/c1-2-25-14-15-26(23(29)22(25)28)16-21(27)24-13-12-18-8-10-20(11-9-18)30-17-19-6-4-3-5-7-19/h3-11H,2,12-17H2,1H3,(H,24,27). The molecule has 2 aromatic carbocycles. The summed E-state index contributed by atoms with van der Waals surface area (Å²) < 4.78 is 5.77. The molecule has 0 atom stereocenters. The van der Waals surface area contributed by atoms with Gasteiger partial charge in [-0.2, -0.15) is 0 Å². The quantitative estimate of drug-likeness (QED) is 0.639. The summed E-state index contributed by atoms with van der Waals surface area (Å²) in [6.45, 7) is 4.07. The molecule has 0 aliphatic carbocycles. The highest BCUT2D eigenvalue weighted by Gasteiger charge is 2.32. The Morgan fingerprint density at radius 2 is 1.60 bits per heavy atom. The highest BCUT2D eigenvalue weighted by molar-refractivity contribution is 6.35. The van der Waals surface area contributed by atoms with Gasteiger partial charge < -0.3 is 19.9 Å². The Kier molecular flexibility index (Phi) is 7.43. The lowest BCUT2D eigenvalue weighted by molar-refractivity contribution is -0.156. The summed E-state index contributed by atoms with van der Waals surface area (Å²) >= 11 is 0. The van der Waals surface area contributed by atoms with E-state index in [4.69, 9.17) is 4.74 Å². The summed E-state index contributed by atoms with van der Waals surface area (Å²) in [6.07, 6.45) is 0.668. The van der Waals surface area contributed by atoms with Crippen molar-refractivity contribution >= 4 is 17.7 Å². The monoisotopic (exact) mass is 409 g/mol. The molecular formula is C23H27N3O4. The van der Waals surface area contributed by atoms with Crippen molar-refractivity contribution < 1.29 is 19.1 Å². The van der Waals surface area contributed by atoms with Crippen LogP contribution in [0.3, 0.4) is 0 Å². The summed E-state index contributed by atoms with van der Waals surface area (Å²) in [5.74, 6) is -0.611. The molecular weight excluding hydrogens is 382 g/mol. The first-order chi connectivity index (χ1) is 14.6. The van der Waals surface area contributed by atoms with Crippen molar-refractivity contribution in [1.29, 1.82) is 0 Å². The molecule has 1 saturated heterocycles. The summed E-state index contributed by atoms with van der Waals surface area (Å²) in [4.78, 5) is 38.9. The molecule has 0 aromatic heterocycles. The molecule has 1 heterocycles. The van der Waals surface area contributed by atoms with E-state index in [1.165, 1.54) is 9.80 Å². The van der Waals surface area contributed by atoms with E-state index in [0.29, 0.717) is 39.2 Å². The zero-order valence-corrected chi connectivity index (χ0v) is 17.2. The minimum absolute atomic E-state index is 0.0889. The van der Waals surface area contributed by atoms with Crippen LogP contribution < -0.4 is 10.1 Å². The van der Waals surface area contributed by atoms with Crippen molar-refractivity contribution in [3.8, 4) is 5.75 Å². The second kappa shape index (κ2) is 10.4. The van der Waals surface area contributed by atoms with Gasteiger partial charge >= 0.3 is 11.8 Å². The Hall–Kier alpha value is -3.35. The smallest absolute Gasteiger partial charge is 0.312 e. The van der Waals surface area contributed by atoms with Gasteiger partial charge in [0.2, 0.25) is 5.91 Å². The van der Waals surface area contributed by atoms with Crippen molar-refractivity contribution in [3.05, 3.63) is 65.7 Å². The van der Waals surface area contributed by atoms with Gasteiger partial charge in [0, 0.05) is 26.2 Å². The first kappa shape index (κ1) is 21.4. The molecule has 158 valence electrons. The number of carbonyl (C=O) groups excluding carboxylic acids is 3. The minimum Gasteiger partial charge on any atom is -0.489 e. The van der Waals surface area contributed by atoms with E-state index < -0.39 is 11.8 Å². The number of piperazine rings is 1. The Balaban J connectivity index is 1.38. The van der Waals surface area contributed by atoms with Gasteiger partial charge in [0.1, 0.15) is 18.9 Å². The molecule has 0 saturated carbocycles. The number of likely N-dealkylation sites (N-methyl/N-ethyl adjacent to an activating group) is 1. The van der Waals surface area contributed by atoms with E-state index in [1.54, 1.807) is 0 Å². The number of hydrogen-bond donors (Lipinski definition) is 1. The van der Waals surface area contributed by atoms with Crippen LogP contribution in [0.5, 0.6) is 5.75 Å². The first-order valence-electron chi connectivity index (χ1n) is 10.2. The zero-order valence-electron chi connectivity index (χ0n) is 17.2. The summed E-state index contributed by atoms with van der Waals surface area (Å²) in [7, 11) is 0. The Morgan fingerprint density at radius 3 is 2.30 bits per heavy atom. The fourth-order valence-corrected chi connectivity index (χ4v) is 3.24. The number of nitrogens with one attached hydrogen (secondary N) is 1. The van der Waals surface area contributed by atoms with Gasteiger partial charge in [-0.25, -0.2) is 0 Å². The maximum absolute atomic E-state index is 12.1. The van der Waals surface area contributed by atoms with E-state index >= 15 is 0 Å². The molecule has 0 radical (unpaired) electrons. The summed E-state index contributed by atoms with van der Waals surface area (Å²) in [6, 6.07) is 17.7. The van der Waals surface area contributed by atoms with Crippen LogP contribution in [0.1, 0.15) is 18.1 Å². The number of ether oxygens (including phenoxy) is 1. The van der Waals surface area contributed by atoms with E-state index in [9.17, 15) is 14.4 Å². The van der Waals surface area contributed by atoms with Crippen LogP contribution in [0.15, 0.2) is 54.6 Å². The third kappa shape index (κ3) is 5.83. The zero-order chi connectivity index (χ0) is 21.3. The second-order valence-corrected chi connectivity index (χ2v) is 7.13. The molecule has 0 bridgehead atoms. The van der Waals surface area contributed by atoms with Crippen LogP contribution in [-0.4, -0.2) is 60.2 Å². The Labute approximate surface area is 176 Å². The lowest BCUT2D eigenvalue weighted by Crippen LogP contribution is -2.56. The number of amides is 3. The van der Waals surface area contributed by atoms with Crippen molar-refractivity contribution in [2.24, 2.45) is 0 Å². The summed E-state index contributed by atoms with van der Waals surface area (Å²) in [5.41, 5.74) is 2.19. The molecule has 30 heavy (non-hydrogen) atoms. The fourth-order valence-electron chi connectivity index (χ4n) is 3.24. The van der Waals surface area contributed by atoms with Gasteiger partial charge in [-0.05, 0) is 36.6 Å². The number of hydrogen-bond acceptors (Lipinski definition) is 4. The van der Waals surface area contributed by atoms with Crippen LogP contribution in [0.4, 0.5) is 0 Å². The molecule has 0 unspecified atom stereocenters.